The maximum absolute atomic E-state index is 13.5. The Morgan fingerprint density at radius 2 is 1.77 bits per heavy atom. The molecule has 1 amide bonds. The van der Waals surface area contributed by atoms with Crippen molar-refractivity contribution < 1.29 is 9.53 Å². The third-order valence-electron chi connectivity index (χ3n) is 5.77. The maximum Gasteiger partial charge on any atom is 0.267 e. The molecule has 5 heteroatoms. The summed E-state index contributed by atoms with van der Waals surface area (Å²) in [5.74, 6) is 1.39. The molecule has 2 aromatic carbocycles. The largest absolute Gasteiger partial charge is 0.491 e. The molecule has 0 unspecified atom stereocenters. The van der Waals surface area contributed by atoms with Gasteiger partial charge in [-0.15, -0.1) is 0 Å². The maximum atomic E-state index is 13.5. The van der Waals surface area contributed by atoms with Gasteiger partial charge in [0.15, 0.2) is 5.17 Å². The van der Waals surface area contributed by atoms with Gasteiger partial charge in [0.05, 0.1) is 16.7 Å². The molecule has 2 fully saturated rings. The number of nitrogens with zero attached hydrogens (tertiary/aromatic N) is 2. The van der Waals surface area contributed by atoms with Gasteiger partial charge in [-0.05, 0) is 80.3 Å². The van der Waals surface area contributed by atoms with Crippen molar-refractivity contribution in [2.24, 2.45) is 10.9 Å². The lowest BCUT2D eigenvalue weighted by Crippen LogP contribution is -2.44. The fourth-order valence-corrected chi connectivity index (χ4v) is 5.26. The second kappa shape index (κ2) is 9.73. The lowest BCUT2D eigenvalue weighted by Gasteiger charge is -2.35. The normalized spacial score (nSPS) is 24.4. The molecule has 2 aromatic rings. The van der Waals surface area contributed by atoms with E-state index in [9.17, 15) is 4.79 Å². The Morgan fingerprint density at radius 3 is 2.45 bits per heavy atom. The number of aliphatic imine (C=N–C) groups is 1. The molecular formula is C26H30N2O2S. The predicted octanol–water partition coefficient (Wildman–Crippen LogP) is 6.66. The first kappa shape index (κ1) is 21.7. The minimum absolute atomic E-state index is 0.0703. The number of ether oxygens (including phenoxy) is 1. The third-order valence-corrected chi connectivity index (χ3v) is 6.75. The molecule has 0 N–H and O–H groups in total. The summed E-state index contributed by atoms with van der Waals surface area (Å²) >= 11 is 1.48. The zero-order valence-electron chi connectivity index (χ0n) is 18.5. The van der Waals surface area contributed by atoms with Gasteiger partial charge in [0.2, 0.25) is 0 Å². The first-order chi connectivity index (χ1) is 15.0. The van der Waals surface area contributed by atoms with Crippen molar-refractivity contribution in [3.05, 3.63) is 65.1 Å². The number of amides is 1. The van der Waals surface area contributed by atoms with Crippen LogP contribution >= 0.6 is 11.8 Å². The molecule has 2 atom stereocenters. The van der Waals surface area contributed by atoms with Crippen molar-refractivity contribution in [2.45, 2.75) is 58.6 Å². The van der Waals surface area contributed by atoms with Gasteiger partial charge in [0, 0.05) is 6.04 Å². The van der Waals surface area contributed by atoms with E-state index in [1.807, 2.05) is 79.4 Å². The van der Waals surface area contributed by atoms with Gasteiger partial charge in [-0.2, -0.15) is 0 Å². The van der Waals surface area contributed by atoms with E-state index >= 15 is 0 Å². The summed E-state index contributed by atoms with van der Waals surface area (Å²) in [6.45, 7) is 6.29. The van der Waals surface area contributed by atoms with Crippen LogP contribution in [0.3, 0.4) is 0 Å². The van der Waals surface area contributed by atoms with Gasteiger partial charge in [-0.3, -0.25) is 9.69 Å². The van der Waals surface area contributed by atoms with Crippen LogP contribution in [-0.4, -0.2) is 28.1 Å². The number of thioether (sulfide) groups is 1. The van der Waals surface area contributed by atoms with Crippen LogP contribution in [0.4, 0.5) is 5.69 Å². The van der Waals surface area contributed by atoms with Crippen molar-refractivity contribution in [1.29, 1.82) is 0 Å². The van der Waals surface area contributed by atoms with Crippen molar-refractivity contribution in [2.75, 3.05) is 0 Å². The third kappa shape index (κ3) is 5.21. The number of para-hydroxylation sites is 1. The number of carbonyl (C=O) groups excluding carboxylic acids is 1. The molecular weight excluding hydrogens is 404 g/mol. The number of hydrogen-bond acceptors (Lipinski definition) is 4. The fourth-order valence-electron chi connectivity index (χ4n) is 4.22. The molecule has 1 aliphatic heterocycles. The highest BCUT2D eigenvalue weighted by Crippen LogP contribution is 2.40. The Kier molecular flexibility index (Phi) is 6.81. The first-order valence-electron chi connectivity index (χ1n) is 11.1. The molecule has 2 aliphatic rings. The Bertz CT molecular complexity index is 967. The summed E-state index contributed by atoms with van der Waals surface area (Å²) < 4.78 is 5.73. The molecule has 1 saturated carbocycles. The number of benzene rings is 2. The zero-order valence-corrected chi connectivity index (χ0v) is 19.3. The molecule has 0 bridgehead atoms. The van der Waals surface area contributed by atoms with Crippen molar-refractivity contribution >= 4 is 34.6 Å². The lowest BCUT2D eigenvalue weighted by molar-refractivity contribution is -0.124. The van der Waals surface area contributed by atoms with Crippen LogP contribution in [0, 0.1) is 5.92 Å². The van der Waals surface area contributed by atoms with Gasteiger partial charge in [-0.1, -0.05) is 50.1 Å². The summed E-state index contributed by atoms with van der Waals surface area (Å²) in [6, 6.07) is 18.0. The molecule has 0 spiro atoms. The lowest BCUT2D eigenvalue weighted by atomic mass is 9.85. The van der Waals surface area contributed by atoms with Gasteiger partial charge < -0.3 is 4.74 Å². The van der Waals surface area contributed by atoms with Gasteiger partial charge in [0.1, 0.15) is 5.75 Å². The summed E-state index contributed by atoms with van der Waals surface area (Å²) in [6.07, 6.45) is 6.72. The van der Waals surface area contributed by atoms with E-state index in [-0.39, 0.29) is 18.1 Å². The predicted molar refractivity (Wildman–Crippen MR) is 130 cm³/mol. The van der Waals surface area contributed by atoms with Crippen LogP contribution in [0.1, 0.15) is 52.0 Å². The standard InChI is InChI=1S/C26H30N2O2S/c1-18(2)30-22-15-13-20(14-16-22)17-24-25(29)28(23-12-8-7-9-19(23)3)26(31-24)27-21-10-5-4-6-11-21/h4-6,10-11,13-19,23H,7-9,12H2,1-3H3/b24-17-,27-26?/t19-,23+/m0/s1. The Labute approximate surface area is 189 Å². The van der Waals surface area contributed by atoms with Crippen LogP contribution in [0.5, 0.6) is 5.75 Å². The van der Waals surface area contributed by atoms with E-state index in [0.29, 0.717) is 5.92 Å². The summed E-state index contributed by atoms with van der Waals surface area (Å²) in [5, 5.41) is 0.793. The topological polar surface area (TPSA) is 41.9 Å². The van der Waals surface area contributed by atoms with Crippen LogP contribution < -0.4 is 4.74 Å². The van der Waals surface area contributed by atoms with Gasteiger partial charge >= 0.3 is 0 Å². The van der Waals surface area contributed by atoms with E-state index in [1.165, 1.54) is 24.6 Å². The monoisotopic (exact) mass is 434 g/mol. The van der Waals surface area contributed by atoms with Crippen molar-refractivity contribution in [3.8, 4) is 5.75 Å². The summed E-state index contributed by atoms with van der Waals surface area (Å²) in [4.78, 5) is 21.0. The highest BCUT2D eigenvalue weighted by molar-refractivity contribution is 8.18. The second-order valence-electron chi connectivity index (χ2n) is 8.58. The van der Waals surface area contributed by atoms with Crippen LogP contribution in [0.2, 0.25) is 0 Å². The SMILES string of the molecule is CC(C)Oc1ccc(/C=C2\SC(=Nc3ccccc3)N([C@@H]3CCCC[C@@H]3C)C2=O)cc1. The second-order valence-corrected chi connectivity index (χ2v) is 9.59. The number of amidine groups is 1. The number of hydrogen-bond donors (Lipinski definition) is 0. The smallest absolute Gasteiger partial charge is 0.267 e. The highest BCUT2D eigenvalue weighted by Gasteiger charge is 2.41. The van der Waals surface area contributed by atoms with E-state index in [0.717, 1.165) is 39.9 Å². The fraction of sp³-hybridized carbons (Fsp3) is 0.385. The van der Waals surface area contributed by atoms with Crippen molar-refractivity contribution in [3.63, 3.8) is 0 Å². The molecule has 31 heavy (non-hydrogen) atoms. The highest BCUT2D eigenvalue weighted by atomic mass is 32.2. The summed E-state index contributed by atoms with van der Waals surface area (Å²) in [7, 11) is 0. The average Bonchev–Trinajstić information content (AvgIpc) is 3.05. The molecule has 0 radical (unpaired) electrons. The van der Waals surface area contributed by atoms with Gasteiger partial charge in [-0.25, -0.2) is 4.99 Å². The minimum Gasteiger partial charge on any atom is -0.491 e. The van der Waals surface area contributed by atoms with Gasteiger partial charge in [0.25, 0.3) is 5.91 Å². The van der Waals surface area contributed by atoms with E-state index in [2.05, 4.69) is 6.92 Å². The average molecular weight is 435 g/mol. The molecule has 1 saturated heterocycles. The van der Waals surface area contributed by atoms with Crippen LogP contribution in [-0.2, 0) is 4.79 Å². The number of rotatable bonds is 5. The van der Waals surface area contributed by atoms with Crippen molar-refractivity contribution in [1.82, 2.24) is 4.90 Å². The molecule has 4 nitrogen and oxygen atoms in total. The molecule has 1 aliphatic carbocycles. The Balaban J connectivity index is 1.64. The number of carbonyl (C=O) groups is 1. The van der Waals surface area contributed by atoms with Crippen LogP contribution in [0.25, 0.3) is 6.08 Å². The Morgan fingerprint density at radius 1 is 1.06 bits per heavy atom. The van der Waals surface area contributed by atoms with E-state index in [4.69, 9.17) is 9.73 Å². The summed E-state index contributed by atoms with van der Waals surface area (Å²) in [5.41, 5.74) is 1.87. The molecule has 0 aromatic heterocycles. The Hall–Kier alpha value is -2.53. The van der Waals surface area contributed by atoms with E-state index in [1.54, 1.807) is 0 Å². The first-order valence-corrected chi connectivity index (χ1v) is 12.0. The zero-order chi connectivity index (χ0) is 21.8. The van der Waals surface area contributed by atoms with Crippen LogP contribution in [0.15, 0.2) is 64.5 Å². The van der Waals surface area contributed by atoms with E-state index < -0.39 is 0 Å². The minimum atomic E-state index is 0.0703. The molecule has 1 heterocycles. The molecule has 162 valence electrons. The quantitative estimate of drug-likeness (QED) is 0.494. The molecule has 4 rings (SSSR count).